The minimum absolute atomic E-state index is 1.11. The van der Waals surface area contributed by atoms with Crippen LogP contribution in [0.5, 0.6) is 0 Å². The van der Waals surface area contributed by atoms with Crippen molar-refractivity contribution in [1.82, 2.24) is 0 Å². The van der Waals surface area contributed by atoms with Crippen molar-refractivity contribution in [3.8, 4) is 0 Å². The predicted molar refractivity (Wildman–Crippen MR) is 60.9 cm³/mol. The van der Waals surface area contributed by atoms with Gasteiger partial charge in [0, 0.05) is 4.47 Å². The number of rotatable bonds is 2. The zero-order valence-corrected chi connectivity index (χ0v) is 9.39. The van der Waals surface area contributed by atoms with Crippen molar-refractivity contribution in [2.45, 2.75) is 26.2 Å². The lowest BCUT2D eigenvalue weighted by Gasteiger charge is -2.06. The first-order chi connectivity index (χ1) is 6.31. The third kappa shape index (κ3) is 1.71. The Morgan fingerprint density at radius 3 is 3.00 bits per heavy atom. The third-order valence-electron chi connectivity index (χ3n) is 2.46. The molecule has 0 radical (unpaired) electrons. The molecule has 13 heavy (non-hydrogen) atoms. The zero-order valence-electron chi connectivity index (χ0n) is 7.81. The molecular formula is C12H13Br. The van der Waals surface area contributed by atoms with Gasteiger partial charge in [-0.25, -0.2) is 0 Å². The molecule has 0 amide bonds. The molecule has 1 aromatic rings. The van der Waals surface area contributed by atoms with E-state index in [0.717, 1.165) is 6.42 Å². The largest absolute Gasteiger partial charge is 0.0795 e. The molecule has 0 atom stereocenters. The van der Waals surface area contributed by atoms with Gasteiger partial charge in [-0.05, 0) is 35.6 Å². The van der Waals surface area contributed by atoms with E-state index in [-0.39, 0.29) is 0 Å². The second-order valence-electron chi connectivity index (χ2n) is 3.50. The first-order valence-corrected chi connectivity index (χ1v) is 5.58. The number of benzene rings is 1. The van der Waals surface area contributed by atoms with Gasteiger partial charge in [-0.3, -0.25) is 0 Å². The molecular weight excluding hydrogens is 224 g/mol. The monoisotopic (exact) mass is 236 g/mol. The molecule has 0 aliphatic heterocycles. The summed E-state index contributed by atoms with van der Waals surface area (Å²) >= 11 is 3.62. The fourth-order valence-electron chi connectivity index (χ4n) is 1.79. The quantitative estimate of drug-likeness (QED) is 0.730. The molecule has 1 aliphatic carbocycles. The van der Waals surface area contributed by atoms with Crippen molar-refractivity contribution in [3.05, 3.63) is 39.4 Å². The Morgan fingerprint density at radius 1 is 1.38 bits per heavy atom. The summed E-state index contributed by atoms with van der Waals surface area (Å²) < 4.78 is 1.26. The molecule has 1 aliphatic rings. The lowest BCUT2D eigenvalue weighted by atomic mass is 10.0. The van der Waals surface area contributed by atoms with Crippen LogP contribution in [-0.2, 0) is 12.8 Å². The molecule has 0 saturated carbocycles. The van der Waals surface area contributed by atoms with Gasteiger partial charge in [0.2, 0.25) is 0 Å². The molecule has 1 heteroatoms. The van der Waals surface area contributed by atoms with Crippen molar-refractivity contribution in [3.63, 3.8) is 0 Å². The molecule has 0 saturated heterocycles. The van der Waals surface area contributed by atoms with E-state index in [1.54, 1.807) is 0 Å². The number of halogens is 1. The van der Waals surface area contributed by atoms with Crippen molar-refractivity contribution in [1.29, 1.82) is 0 Å². The molecule has 0 unspecified atom stereocenters. The molecule has 0 spiro atoms. The number of allylic oxidation sites excluding steroid dienone is 1. The van der Waals surface area contributed by atoms with Crippen LogP contribution in [0.25, 0.3) is 6.08 Å². The van der Waals surface area contributed by atoms with E-state index in [9.17, 15) is 0 Å². The molecule has 0 bridgehead atoms. The molecule has 68 valence electrons. The van der Waals surface area contributed by atoms with E-state index in [1.165, 1.54) is 34.0 Å². The number of hydrogen-bond donors (Lipinski definition) is 0. The van der Waals surface area contributed by atoms with Crippen LogP contribution in [0.3, 0.4) is 0 Å². The van der Waals surface area contributed by atoms with Gasteiger partial charge < -0.3 is 0 Å². The van der Waals surface area contributed by atoms with E-state index in [2.05, 4.69) is 47.1 Å². The Kier molecular flexibility index (Phi) is 2.54. The average Bonchev–Trinajstić information content (AvgIpc) is 2.52. The van der Waals surface area contributed by atoms with E-state index in [0.29, 0.717) is 0 Å². The van der Waals surface area contributed by atoms with Gasteiger partial charge in [-0.1, -0.05) is 47.5 Å². The lowest BCUT2D eigenvalue weighted by molar-refractivity contribution is 0.914. The topological polar surface area (TPSA) is 0 Å². The standard InChI is InChI=1S/C12H13Br/c1-2-4-11-7-9-5-3-6-10(9)8-12(11)13/h3,6-8H,2,4-5H2,1H3. The second-order valence-corrected chi connectivity index (χ2v) is 4.35. The highest BCUT2D eigenvalue weighted by atomic mass is 79.9. The van der Waals surface area contributed by atoms with Crippen LogP contribution in [-0.4, -0.2) is 0 Å². The van der Waals surface area contributed by atoms with E-state index >= 15 is 0 Å². The number of fused-ring (bicyclic) bond motifs is 1. The summed E-state index contributed by atoms with van der Waals surface area (Å²) in [6.45, 7) is 2.22. The van der Waals surface area contributed by atoms with Crippen LogP contribution in [0.1, 0.15) is 30.0 Å². The van der Waals surface area contributed by atoms with Crippen LogP contribution in [0.15, 0.2) is 22.7 Å². The van der Waals surface area contributed by atoms with Crippen LogP contribution in [0.2, 0.25) is 0 Å². The normalized spacial score (nSPS) is 13.4. The average molecular weight is 237 g/mol. The molecule has 0 aromatic heterocycles. The maximum Gasteiger partial charge on any atom is 0.0213 e. The Morgan fingerprint density at radius 2 is 2.23 bits per heavy atom. The highest BCUT2D eigenvalue weighted by Crippen LogP contribution is 2.27. The van der Waals surface area contributed by atoms with Crippen molar-refractivity contribution in [2.24, 2.45) is 0 Å². The summed E-state index contributed by atoms with van der Waals surface area (Å²) in [5.74, 6) is 0. The van der Waals surface area contributed by atoms with Crippen molar-refractivity contribution >= 4 is 22.0 Å². The summed E-state index contributed by atoms with van der Waals surface area (Å²) in [6.07, 6.45) is 7.93. The molecule has 0 N–H and O–H groups in total. The smallest absolute Gasteiger partial charge is 0.0213 e. The van der Waals surface area contributed by atoms with Gasteiger partial charge in [0.1, 0.15) is 0 Å². The van der Waals surface area contributed by atoms with Crippen molar-refractivity contribution in [2.75, 3.05) is 0 Å². The molecule has 0 nitrogen and oxygen atoms in total. The first kappa shape index (κ1) is 9.01. The minimum Gasteiger partial charge on any atom is -0.0795 e. The van der Waals surface area contributed by atoms with Crippen LogP contribution < -0.4 is 0 Å². The van der Waals surface area contributed by atoms with Crippen LogP contribution in [0.4, 0.5) is 0 Å². The summed E-state index contributed by atoms with van der Waals surface area (Å²) in [5, 5.41) is 0. The number of aryl methyl sites for hydroxylation is 1. The van der Waals surface area contributed by atoms with Crippen molar-refractivity contribution < 1.29 is 0 Å². The van der Waals surface area contributed by atoms with Gasteiger partial charge in [0.25, 0.3) is 0 Å². The Hall–Kier alpha value is -0.560. The summed E-state index contributed by atoms with van der Waals surface area (Å²) in [4.78, 5) is 0. The van der Waals surface area contributed by atoms with E-state index in [4.69, 9.17) is 0 Å². The third-order valence-corrected chi connectivity index (χ3v) is 3.20. The highest BCUT2D eigenvalue weighted by molar-refractivity contribution is 9.10. The minimum atomic E-state index is 1.11. The highest BCUT2D eigenvalue weighted by Gasteiger charge is 2.08. The van der Waals surface area contributed by atoms with Gasteiger partial charge >= 0.3 is 0 Å². The Bertz CT molecular complexity index is 350. The maximum absolute atomic E-state index is 3.62. The second kappa shape index (κ2) is 3.67. The molecule has 0 fully saturated rings. The predicted octanol–water partition coefficient (Wildman–Crippen LogP) is 3.97. The van der Waals surface area contributed by atoms with Crippen LogP contribution in [0, 0.1) is 0 Å². The van der Waals surface area contributed by atoms with Gasteiger partial charge in [0.15, 0.2) is 0 Å². The number of hydrogen-bond acceptors (Lipinski definition) is 0. The Balaban J connectivity index is 2.40. The fraction of sp³-hybridized carbons (Fsp3) is 0.333. The summed E-state index contributed by atoms with van der Waals surface area (Å²) in [5.41, 5.74) is 4.31. The summed E-state index contributed by atoms with van der Waals surface area (Å²) in [7, 11) is 0. The van der Waals surface area contributed by atoms with Crippen LogP contribution >= 0.6 is 15.9 Å². The summed E-state index contributed by atoms with van der Waals surface area (Å²) in [6, 6.07) is 4.58. The first-order valence-electron chi connectivity index (χ1n) is 4.79. The SMILES string of the molecule is CCCc1cc2c(cc1Br)C=CC2. The zero-order chi connectivity index (χ0) is 9.26. The van der Waals surface area contributed by atoms with E-state index in [1.807, 2.05) is 0 Å². The fourth-order valence-corrected chi connectivity index (χ4v) is 2.35. The van der Waals surface area contributed by atoms with Gasteiger partial charge in [-0.15, -0.1) is 0 Å². The van der Waals surface area contributed by atoms with Gasteiger partial charge in [0.05, 0.1) is 0 Å². The Labute approximate surface area is 87.8 Å². The molecule has 2 rings (SSSR count). The van der Waals surface area contributed by atoms with E-state index < -0.39 is 0 Å². The maximum atomic E-state index is 3.62. The van der Waals surface area contributed by atoms with Gasteiger partial charge in [-0.2, -0.15) is 0 Å². The molecule has 0 heterocycles. The molecule has 1 aromatic carbocycles. The lowest BCUT2D eigenvalue weighted by Crippen LogP contribution is -1.90.